The summed E-state index contributed by atoms with van der Waals surface area (Å²) in [5.74, 6) is 0. The first-order valence-corrected chi connectivity index (χ1v) is 6.57. The van der Waals surface area contributed by atoms with E-state index in [9.17, 15) is 4.79 Å². The lowest BCUT2D eigenvalue weighted by Gasteiger charge is -2.06. The Balaban J connectivity index is 1.77. The average Bonchev–Trinajstić information content (AvgIpc) is 2.73. The van der Waals surface area contributed by atoms with Crippen LogP contribution in [0.1, 0.15) is 11.3 Å². The molecule has 0 aliphatic heterocycles. The number of carbonyl (C=O) groups excluding carboxylic acids is 1. The number of rotatable bonds is 4. The van der Waals surface area contributed by atoms with E-state index in [0.29, 0.717) is 6.54 Å². The lowest BCUT2D eigenvalue weighted by atomic mass is 10.2. The zero-order chi connectivity index (χ0) is 13.7. The van der Waals surface area contributed by atoms with Gasteiger partial charge >= 0.3 is 6.09 Å². The Labute approximate surface area is 119 Å². The molecule has 1 heterocycles. The molecule has 0 unspecified atom stereocenters. The van der Waals surface area contributed by atoms with Crippen molar-refractivity contribution >= 4 is 22.0 Å². The van der Waals surface area contributed by atoms with Crippen molar-refractivity contribution in [1.29, 1.82) is 0 Å². The van der Waals surface area contributed by atoms with Crippen molar-refractivity contribution in [2.75, 3.05) is 0 Å². The van der Waals surface area contributed by atoms with E-state index in [0.717, 1.165) is 15.7 Å². The second kappa shape index (κ2) is 6.38. The molecular formula is C13H14BrN3O2. The molecule has 1 aromatic heterocycles. The Morgan fingerprint density at radius 1 is 1.42 bits per heavy atom. The average molecular weight is 324 g/mol. The first-order chi connectivity index (χ1) is 9.15. The van der Waals surface area contributed by atoms with Crippen LogP contribution in [0.5, 0.6) is 0 Å². The Kier molecular flexibility index (Phi) is 4.57. The van der Waals surface area contributed by atoms with Gasteiger partial charge in [0.05, 0.1) is 16.7 Å². The molecule has 100 valence electrons. The van der Waals surface area contributed by atoms with Crippen LogP contribution in [0.15, 0.2) is 41.0 Å². The number of nitrogens with one attached hydrogen (secondary N) is 1. The van der Waals surface area contributed by atoms with E-state index in [1.807, 2.05) is 43.6 Å². The Morgan fingerprint density at radius 2 is 2.16 bits per heavy atom. The third kappa shape index (κ3) is 4.10. The zero-order valence-electron chi connectivity index (χ0n) is 10.5. The number of hydrogen-bond donors (Lipinski definition) is 1. The first-order valence-electron chi connectivity index (χ1n) is 5.77. The second-order valence-corrected chi connectivity index (χ2v) is 4.87. The number of hydrogen-bond acceptors (Lipinski definition) is 3. The molecule has 0 radical (unpaired) electrons. The fourth-order valence-corrected chi connectivity index (χ4v) is 2.07. The number of amides is 1. The number of aromatic nitrogens is 2. The Bertz CT molecular complexity index is 554. The number of benzene rings is 1. The van der Waals surface area contributed by atoms with E-state index in [1.54, 1.807) is 4.68 Å². The van der Waals surface area contributed by atoms with Crippen LogP contribution in [0.3, 0.4) is 0 Å². The molecule has 1 N–H and O–H groups in total. The molecule has 0 aliphatic rings. The van der Waals surface area contributed by atoms with Gasteiger partial charge in [-0.3, -0.25) is 4.68 Å². The van der Waals surface area contributed by atoms with E-state index in [2.05, 4.69) is 26.3 Å². The molecule has 0 bridgehead atoms. The monoisotopic (exact) mass is 323 g/mol. The lowest BCUT2D eigenvalue weighted by Crippen LogP contribution is -2.24. The number of alkyl carbamates (subject to hydrolysis) is 1. The summed E-state index contributed by atoms with van der Waals surface area (Å²) in [6.07, 6.45) is 1.37. The van der Waals surface area contributed by atoms with Crippen LogP contribution in [0.2, 0.25) is 0 Å². The number of carbonyl (C=O) groups is 1. The fourth-order valence-electron chi connectivity index (χ4n) is 1.56. The predicted octanol–water partition coefficient (Wildman–Crippen LogP) is 2.61. The van der Waals surface area contributed by atoms with Crippen LogP contribution in [-0.4, -0.2) is 15.9 Å². The normalized spacial score (nSPS) is 10.2. The Morgan fingerprint density at radius 3 is 2.79 bits per heavy atom. The van der Waals surface area contributed by atoms with Gasteiger partial charge in [0.25, 0.3) is 0 Å². The van der Waals surface area contributed by atoms with E-state index < -0.39 is 6.09 Å². The maximum absolute atomic E-state index is 11.5. The van der Waals surface area contributed by atoms with Gasteiger partial charge in [0.1, 0.15) is 6.61 Å². The van der Waals surface area contributed by atoms with Crippen LogP contribution < -0.4 is 5.32 Å². The summed E-state index contributed by atoms with van der Waals surface area (Å²) in [4.78, 5) is 11.5. The standard InChI is InChI=1S/C13H14BrN3O2/c1-17-8-11(14)12(16-17)7-15-13(18)19-9-10-5-3-2-4-6-10/h2-6,8H,7,9H2,1H3,(H,15,18). The van der Waals surface area contributed by atoms with Crippen LogP contribution in [0.4, 0.5) is 4.79 Å². The summed E-state index contributed by atoms with van der Waals surface area (Å²) in [5.41, 5.74) is 1.72. The van der Waals surface area contributed by atoms with Gasteiger partial charge in [-0.25, -0.2) is 4.79 Å². The smallest absolute Gasteiger partial charge is 0.407 e. The maximum Gasteiger partial charge on any atom is 0.407 e. The molecule has 0 fully saturated rings. The van der Waals surface area contributed by atoms with Crippen LogP contribution >= 0.6 is 15.9 Å². The Hall–Kier alpha value is -1.82. The van der Waals surface area contributed by atoms with Crippen molar-refractivity contribution in [2.45, 2.75) is 13.2 Å². The van der Waals surface area contributed by atoms with E-state index in [1.165, 1.54) is 0 Å². The molecule has 0 saturated heterocycles. The molecule has 5 nitrogen and oxygen atoms in total. The summed E-state index contributed by atoms with van der Waals surface area (Å²) in [6, 6.07) is 9.54. The minimum absolute atomic E-state index is 0.260. The van der Waals surface area contributed by atoms with Gasteiger partial charge in [-0.1, -0.05) is 30.3 Å². The number of halogens is 1. The summed E-state index contributed by atoms with van der Waals surface area (Å²) in [7, 11) is 1.82. The van der Waals surface area contributed by atoms with Gasteiger partial charge in [0.15, 0.2) is 0 Å². The van der Waals surface area contributed by atoms with Crippen molar-refractivity contribution in [2.24, 2.45) is 7.05 Å². The summed E-state index contributed by atoms with van der Waals surface area (Å²) in [6.45, 7) is 0.588. The van der Waals surface area contributed by atoms with Crippen molar-refractivity contribution in [1.82, 2.24) is 15.1 Å². The van der Waals surface area contributed by atoms with Crippen LogP contribution in [-0.2, 0) is 24.9 Å². The van der Waals surface area contributed by atoms with E-state index >= 15 is 0 Å². The van der Waals surface area contributed by atoms with Crippen molar-refractivity contribution in [3.05, 3.63) is 52.3 Å². The summed E-state index contributed by atoms with van der Waals surface area (Å²) in [5, 5.41) is 6.86. The van der Waals surface area contributed by atoms with Gasteiger partial charge in [0.2, 0.25) is 0 Å². The molecule has 0 saturated carbocycles. The number of ether oxygens (including phenoxy) is 1. The molecule has 2 aromatic rings. The highest BCUT2D eigenvalue weighted by molar-refractivity contribution is 9.10. The van der Waals surface area contributed by atoms with Gasteiger partial charge < -0.3 is 10.1 Å². The molecule has 0 atom stereocenters. The summed E-state index contributed by atoms with van der Waals surface area (Å²) < 4.78 is 7.63. The fraction of sp³-hybridized carbons (Fsp3) is 0.231. The van der Waals surface area contributed by atoms with Gasteiger partial charge in [-0.15, -0.1) is 0 Å². The minimum atomic E-state index is -0.457. The maximum atomic E-state index is 11.5. The first kappa shape index (κ1) is 13.6. The van der Waals surface area contributed by atoms with Gasteiger partial charge in [-0.2, -0.15) is 5.10 Å². The molecule has 2 rings (SSSR count). The summed E-state index contributed by atoms with van der Waals surface area (Å²) >= 11 is 3.37. The second-order valence-electron chi connectivity index (χ2n) is 4.01. The molecule has 19 heavy (non-hydrogen) atoms. The van der Waals surface area contributed by atoms with Crippen molar-refractivity contribution in [3.63, 3.8) is 0 Å². The topological polar surface area (TPSA) is 56.2 Å². The quantitative estimate of drug-likeness (QED) is 0.940. The van der Waals surface area contributed by atoms with Crippen molar-refractivity contribution in [3.8, 4) is 0 Å². The van der Waals surface area contributed by atoms with E-state index in [4.69, 9.17) is 4.74 Å². The number of nitrogens with zero attached hydrogens (tertiary/aromatic N) is 2. The number of aryl methyl sites for hydroxylation is 1. The highest BCUT2D eigenvalue weighted by Gasteiger charge is 2.07. The zero-order valence-corrected chi connectivity index (χ0v) is 12.1. The highest BCUT2D eigenvalue weighted by atomic mass is 79.9. The molecule has 6 heteroatoms. The molecule has 1 amide bonds. The lowest BCUT2D eigenvalue weighted by molar-refractivity contribution is 0.139. The SMILES string of the molecule is Cn1cc(Br)c(CNC(=O)OCc2ccccc2)n1. The van der Waals surface area contributed by atoms with E-state index in [-0.39, 0.29) is 6.61 Å². The molecule has 0 aliphatic carbocycles. The third-order valence-electron chi connectivity index (χ3n) is 2.47. The predicted molar refractivity (Wildman–Crippen MR) is 74.4 cm³/mol. The largest absolute Gasteiger partial charge is 0.445 e. The van der Waals surface area contributed by atoms with Gasteiger partial charge in [0, 0.05) is 13.2 Å². The van der Waals surface area contributed by atoms with Gasteiger partial charge in [-0.05, 0) is 21.5 Å². The molecule has 0 spiro atoms. The van der Waals surface area contributed by atoms with Crippen LogP contribution in [0.25, 0.3) is 0 Å². The third-order valence-corrected chi connectivity index (χ3v) is 3.13. The van der Waals surface area contributed by atoms with Crippen molar-refractivity contribution < 1.29 is 9.53 Å². The molecular weight excluding hydrogens is 310 g/mol. The highest BCUT2D eigenvalue weighted by Crippen LogP contribution is 2.13. The molecule has 1 aromatic carbocycles. The van der Waals surface area contributed by atoms with Crippen LogP contribution in [0, 0.1) is 0 Å². The minimum Gasteiger partial charge on any atom is -0.445 e.